The van der Waals surface area contributed by atoms with Crippen LogP contribution in [0, 0.1) is 0 Å². The zero-order chi connectivity index (χ0) is 36.0. The molecule has 4 heterocycles. The van der Waals surface area contributed by atoms with E-state index in [9.17, 15) is 0 Å². The number of benzene rings is 8. The maximum Gasteiger partial charge on any atom is 0.160 e. The number of fused-ring (bicyclic) bond motifs is 11. The third-order valence-electron chi connectivity index (χ3n) is 11.3. The summed E-state index contributed by atoms with van der Waals surface area (Å²) in [6.45, 7) is 0. The molecule has 0 saturated carbocycles. The van der Waals surface area contributed by atoms with Crippen LogP contribution in [0.15, 0.2) is 192 Å². The van der Waals surface area contributed by atoms with Gasteiger partial charge in [0.2, 0.25) is 0 Å². The van der Waals surface area contributed by atoms with Crippen molar-refractivity contribution in [3.63, 3.8) is 0 Å². The van der Waals surface area contributed by atoms with Gasteiger partial charge in [-0.05, 0) is 77.9 Å². The lowest BCUT2D eigenvalue weighted by molar-refractivity contribution is 0.671. The van der Waals surface area contributed by atoms with Crippen LogP contribution in [0.3, 0.4) is 0 Å². The number of rotatable bonds is 4. The molecule has 4 aromatic heterocycles. The van der Waals surface area contributed by atoms with Crippen LogP contribution in [0.5, 0.6) is 0 Å². The van der Waals surface area contributed by atoms with Crippen molar-refractivity contribution in [2.24, 2.45) is 0 Å². The molecule has 256 valence electrons. The first-order valence-corrected chi connectivity index (χ1v) is 18.7. The largest absolute Gasteiger partial charge is 0.454 e. The fraction of sp³-hybridized carbons (Fsp3) is 0. The summed E-state index contributed by atoms with van der Waals surface area (Å²) in [7, 11) is 0. The second kappa shape index (κ2) is 11.5. The Balaban J connectivity index is 1.10. The molecule has 0 fully saturated rings. The molecule has 0 aliphatic heterocycles. The molecule has 8 aromatic carbocycles. The van der Waals surface area contributed by atoms with Gasteiger partial charge in [-0.1, -0.05) is 121 Å². The average Bonchev–Trinajstić information content (AvgIpc) is 3.90. The van der Waals surface area contributed by atoms with Gasteiger partial charge in [0, 0.05) is 54.6 Å². The lowest BCUT2D eigenvalue weighted by atomic mass is 9.98. The molecule has 0 saturated heterocycles. The Morgan fingerprint density at radius 2 is 1.02 bits per heavy atom. The Morgan fingerprint density at radius 1 is 0.382 bits per heavy atom. The van der Waals surface area contributed by atoms with Crippen molar-refractivity contribution in [1.29, 1.82) is 0 Å². The van der Waals surface area contributed by atoms with Crippen LogP contribution >= 0.6 is 0 Å². The lowest BCUT2D eigenvalue weighted by Crippen LogP contribution is -1.96. The van der Waals surface area contributed by atoms with E-state index in [2.05, 4.69) is 191 Å². The molecular formula is C51H31N3O. The van der Waals surface area contributed by atoms with E-state index in [1.54, 1.807) is 0 Å². The first-order valence-electron chi connectivity index (χ1n) is 18.7. The van der Waals surface area contributed by atoms with Gasteiger partial charge in [0.05, 0.1) is 33.3 Å². The molecule has 4 heteroatoms. The number of hydrogen-bond donors (Lipinski definition) is 0. The number of para-hydroxylation sites is 4. The SMILES string of the molecule is c1ccc(-c2cc(-c3ccc(-n4c5ccccc5c5cc6c7ccc8c9ccccc9oc8c7n(-c7ccccc7)c6cc54)cc3)nc3ccccc23)cc1. The standard InChI is InChI=1S/C51H31N3O/c1-3-13-32(14-4-1)41-30-45(52-44-20-10-7-17-36(41)44)33-23-25-35(26-24-33)53-46-21-11-8-18-37(46)42-29-43-39-27-28-40-38-19-9-12-22-49(38)55-51(40)50(39)54(48(43)31-47(42)53)34-15-5-2-6-16-34/h1-31H. The molecule has 12 rings (SSSR count). The number of nitrogens with zero attached hydrogens (tertiary/aromatic N) is 3. The van der Waals surface area contributed by atoms with E-state index in [-0.39, 0.29) is 0 Å². The summed E-state index contributed by atoms with van der Waals surface area (Å²) in [6, 6.07) is 67.1. The molecule has 0 spiro atoms. The van der Waals surface area contributed by atoms with Gasteiger partial charge in [-0.25, -0.2) is 4.98 Å². The van der Waals surface area contributed by atoms with Gasteiger partial charge in [-0.15, -0.1) is 0 Å². The van der Waals surface area contributed by atoms with Crippen LogP contribution in [0.4, 0.5) is 0 Å². The van der Waals surface area contributed by atoms with E-state index in [4.69, 9.17) is 9.40 Å². The summed E-state index contributed by atoms with van der Waals surface area (Å²) in [4.78, 5) is 5.14. The van der Waals surface area contributed by atoms with Crippen molar-refractivity contribution in [3.05, 3.63) is 188 Å². The Labute approximate surface area is 315 Å². The van der Waals surface area contributed by atoms with Gasteiger partial charge in [-0.2, -0.15) is 0 Å². The fourth-order valence-electron chi connectivity index (χ4n) is 8.82. The number of hydrogen-bond acceptors (Lipinski definition) is 2. The highest BCUT2D eigenvalue weighted by atomic mass is 16.3. The van der Waals surface area contributed by atoms with Gasteiger partial charge in [0.25, 0.3) is 0 Å². The fourth-order valence-corrected chi connectivity index (χ4v) is 8.82. The molecule has 0 bridgehead atoms. The number of pyridine rings is 1. The van der Waals surface area contributed by atoms with Crippen molar-refractivity contribution < 1.29 is 4.42 Å². The maximum atomic E-state index is 6.67. The minimum atomic E-state index is 0.899. The Bertz CT molecular complexity index is 3460. The molecule has 55 heavy (non-hydrogen) atoms. The van der Waals surface area contributed by atoms with Crippen molar-refractivity contribution >= 4 is 76.5 Å². The first kappa shape index (κ1) is 30.1. The van der Waals surface area contributed by atoms with Crippen molar-refractivity contribution in [2.45, 2.75) is 0 Å². The number of furan rings is 1. The third-order valence-corrected chi connectivity index (χ3v) is 11.3. The molecule has 0 N–H and O–H groups in total. The molecular weight excluding hydrogens is 671 g/mol. The van der Waals surface area contributed by atoms with E-state index >= 15 is 0 Å². The highest BCUT2D eigenvalue weighted by molar-refractivity contribution is 6.24. The van der Waals surface area contributed by atoms with Crippen LogP contribution < -0.4 is 0 Å². The summed E-state index contributed by atoms with van der Waals surface area (Å²) in [6.07, 6.45) is 0. The van der Waals surface area contributed by atoms with Crippen LogP contribution in [-0.4, -0.2) is 14.1 Å². The molecule has 0 aliphatic rings. The smallest absolute Gasteiger partial charge is 0.160 e. The van der Waals surface area contributed by atoms with Gasteiger partial charge in [0.1, 0.15) is 5.58 Å². The molecule has 0 aliphatic carbocycles. The summed E-state index contributed by atoms with van der Waals surface area (Å²) in [5, 5.41) is 8.21. The van der Waals surface area contributed by atoms with Gasteiger partial charge in [0.15, 0.2) is 5.58 Å². The number of aromatic nitrogens is 3. The molecule has 4 nitrogen and oxygen atoms in total. The summed E-state index contributed by atoms with van der Waals surface area (Å²) in [5.41, 5.74) is 13.9. The topological polar surface area (TPSA) is 35.9 Å². The monoisotopic (exact) mass is 701 g/mol. The average molecular weight is 702 g/mol. The van der Waals surface area contributed by atoms with Crippen LogP contribution in [0.2, 0.25) is 0 Å². The molecule has 12 aromatic rings. The molecule has 0 unspecified atom stereocenters. The van der Waals surface area contributed by atoms with Crippen LogP contribution in [-0.2, 0) is 0 Å². The van der Waals surface area contributed by atoms with Crippen molar-refractivity contribution in [2.75, 3.05) is 0 Å². The Morgan fingerprint density at radius 3 is 1.85 bits per heavy atom. The van der Waals surface area contributed by atoms with Gasteiger partial charge < -0.3 is 13.6 Å². The molecule has 0 radical (unpaired) electrons. The van der Waals surface area contributed by atoms with E-state index in [1.165, 1.54) is 38.2 Å². The second-order valence-corrected chi connectivity index (χ2v) is 14.3. The summed E-state index contributed by atoms with van der Waals surface area (Å²) >= 11 is 0. The molecule has 0 atom stereocenters. The van der Waals surface area contributed by atoms with Crippen molar-refractivity contribution in [1.82, 2.24) is 14.1 Å². The maximum absolute atomic E-state index is 6.67. The van der Waals surface area contributed by atoms with Gasteiger partial charge >= 0.3 is 0 Å². The normalized spacial score (nSPS) is 12.0. The minimum absolute atomic E-state index is 0.899. The predicted molar refractivity (Wildman–Crippen MR) is 229 cm³/mol. The lowest BCUT2D eigenvalue weighted by Gasteiger charge is -2.12. The summed E-state index contributed by atoms with van der Waals surface area (Å²) < 4.78 is 11.5. The summed E-state index contributed by atoms with van der Waals surface area (Å²) in [5.74, 6) is 0. The van der Waals surface area contributed by atoms with Gasteiger partial charge in [-0.3, -0.25) is 0 Å². The Hall–Kier alpha value is -7.43. The van der Waals surface area contributed by atoms with E-state index in [0.29, 0.717) is 0 Å². The molecule has 0 amide bonds. The highest BCUT2D eigenvalue weighted by Crippen LogP contribution is 2.43. The predicted octanol–water partition coefficient (Wildman–Crippen LogP) is 13.7. The zero-order valence-corrected chi connectivity index (χ0v) is 29.6. The highest BCUT2D eigenvalue weighted by Gasteiger charge is 2.22. The van der Waals surface area contributed by atoms with E-state index in [0.717, 1.165) is 72.0 Å². The Kier molecular flexibility index (Phi) is 6.31. The minimum Gasteiger partial charge on any atom is -0.454 e. The van der Waals surface area contributed by atoms with Crippen molar-refractivity contribution in [3.8, 4) is 33.8 Å². The quantitative estimate of drug-likeness (QED) is 0.183. The zero-order valence-electron chi connectivity index (χ0n) is 29.6. The van der Waals surface area contributed by atoms with Crippen LogP contribution in [0.25, 0.3) is 110 Å². The second-order valence-electron chi connectivity index (χ2n) is 14.3. The first-order chi connectivity index (χ1) is 27.3. The van der Waals surface area contributed by atoms with E-state index < -0.39 is 0 Å². The third kappa shape index (κ3) is 4.43. The van der Waals surface area contributed by atoms with E-state index in [1.807, 2.05) is 6.07 Å². The van der Waals surface area contributed by atoms with Crippen LogP contribution in [0.1, 0.15) is 0 Å².